The van der Waals surface area contributed by atoms with Gasteiger partial charge in [0, 0.05) is 23.6 Å². The van der Waals surface area contributed by atoms with Crippen LogP contribution in [0.4, 0.5) is 5.69 Å². The molecule has 0 spiro atoms. The number of nitrogens with one attached hydrogen (secondary N) is 2. The lowest BCUT2D eigenvalue weighted by atomic mass is 9.65. The molecule has 1 aliphatic rings. The summed E-state index contributed by atoms with van der Waals surface area (Å²) in [7, 11) is 1.24. The predicted molar refractivity (Wildman–Crippen MR) is 141 cm³/mol. The smallest absolute Gasteiger partial charge is 0.328 e. The molecule has 0 saturated heterocycles. The Bertz CT molecular complexity index is 1210. The van der Waals surface area contributed by atoms with Gasteiger partial charge in [0.05, 0.1) is 22.6 Å². The van der Waals surface area contributed by atoms with Gasteiger partial charge in [-0.3, -0.25) is 14.4 Å². The van der Waals surface area contributed by atoms with Crippen molar-refractivity contribution in [1.82, 2.24) is 5.32 Å². The topological polar surface area (TPSA) is 122 Å². The maximum atomic E-state index is 13.2. The first kappa shape index (κ1) is 28.5. The van der Waals surface area contributed by atoms with Crippen molar-refractivity contribution in [1.29, 1.82) is 0 Å². The quantitative estimate of drug-likeness (QED) is 0.400. The predicted octanol–water partition coefficient (Wildman–Crippen LogP) is 4.97. The minimum atomic E-state index is -1.05. The fourth-order valence-electron chi connectivity index (χ4n) is 4.75. The molecule has 2 aromatic carbocycles. The number of carboxylic acids is 1. The van der Waals surface area contributed by atoms with Crippen molar-refractivity contribution in [3.8, 4) is 0 Å². The summed E-state index contributed by atoms with van der Waals surface area (Å²) < 4.78 is 4.90. The van der Waals surface area contributed by atoms with Crippen LogP contribution in [0.25, 0.3) is 0 Å². The summed E-state index contributed by atoms with van der Waals surface area (Å²) in [6.45, 7) is 5.20. The van der Waals surface area contributed by atoms with Gasteiger partial charge >= 0.3 is 11.9 Å². The number of rotatable bonds is 8. The summed E-state index contributed by atoms with van der Waals surface area (Å²) in [6.07, 6.45) is 0.928. The minimum Gasteiger partial charge on any atom is -0.481 e. The summed E-state index contributed by atoms with van der Waals surface area (Å²) >= 11 is 11.9. The zero-order valence-corrected chi connectivity index (χ0v) is 22.6. The van der Waals surface area contributed by atoms with E-state index >= 15 is 0 Å². The fraction of sp³-hybridized carbons (Fsp3) is 0.407. The van der Waals surface area contributed by atoms with Crippen molar-refractivity contribution < 1.29 is 29.0 Å². The van der Waals surface area contributed by atoms with Crippen LogP contribution in [0.3, 0.4) is 0 Å². The number of carboxylic acid groups (broad SMARTS) is 1. The summed E-state index contributed by atoms with van der Waals surface area (Å²) in [4.78, 5) is 50.0. The zero-order valence-electron chi connectivity index (χ0n) is 21.1. The molecule has 0 aliphatic heterocycles. The minimum absolute atomic E-state index is 0.156. The van der Waals surface area contributed by atoms with E-state index in [1.807, 2.05) is 0 Å². The van der Waals surface area contributed by atoms with Crippen LogP contribution >= 0.6 is 23.2 Å². The van der Waals surface area contributed by atoms with E-state index in [4.69, 9.17) is 27.9 Å². The first-order valence-electron chi connectivity index (χ1n) is 11.8. The molecule has 2 unspecified atom stereocenters. The lowest BCUT2D eigenvalue weighted by molar-refractivity contribution is -0.156. The lowest BCUT2D eigenvalue weighted by Crippen LogP contribution is -2.50. The van der Waals surface area contributed by atoms with Crippen LogP contribution < -0.4 is 10.6 Å². The average Bonchev–Trinajstić information content (AvgIpc) is 3.10. The molecule has 3 N–H and O–H groups in total. The number of ether oxygens (including phenoxy) is 1. The second kappa shape index (κ2) is 11.1. The zero-order chi connectivity index (χ0) is 27.5. The van der Waals surface area contributed by atoms with Crippen LogP contribution in [0.5, 0.6) is 0 Å². The maximum Gasteiger partial charge on any atom is 0.328 e. The highest BCUT2D eigenvalue weighted by molar-refractivity contribution is 6.42. The van der Waals surface area contributed by atoms with Crippen molar-refractivity contribution >= 4 is 52.6 Å². The third-order valence-electron chi connectivity index (χ3n) is 7.65. The molecule has 0 aromatic heterocycles. The number of methoxy groups -OCH3 is 1. The first-order chi connectivity index (χ1) is 17.3. The number of anilines is 1. The van der Waals surface area contributed by atoms with Crippen molar-refractivity contribution in [3.05, 3.63) is 63.6 Å². The molecule has 0 bridgehead atoms. The Hall–Kier alpha value is -3.10. The van der Waals surface area contributed by atoms with Crippen molar-refractivity contribution in [3.63, 3.8) is 0 Å². The van der Waals surface area contributed by atoms with E-state index in [9.17, 15) is 24.3 Å². The van der Waals surface area contributed by atoms with Crippen LogP contribution in [-0.2, 0) is 25.5 Å². The van der Waals surface area contributed by atoms with Crippen LogP contribution in [0.2, 0.25) is 10.0 Å². The van der Waals surface area contributed by atoms with Gasteiger partial charge in [-0.2, -0.15) is 0 Å². The lowest BCUT2D eigenvalue weighted by Gasteiger charge is -2.38. The molecular formula is C27H30Cl2N2O6. The van der Waals surface area contributed by atoms with E-state index in [0.29, 0.717) is 29.1 Å². The highest BCUT2D eigenvalue weighted by Crippen LogP contribution is 2.56. The number of aliphatic carboxylic acids is 1. The molecule has 0 radical (unpaired) electrons. The summed E-state index contributed by atoms with van der Waals surface area (Å²) in [5, 5.41) is 15.9. The van der Waals surface area contributed by atoms with Gasteiger partial charge in [0.15, 0.2) is 0 Å². The highest BCUT2D eigenvalue weighted by Gasteiger charge is 2.58. The Morgan fingerprint density at radius 1 is 1.05 bits per heavy atom. The van der Waals surface area contributed by atoms with Gasteiger partial charge in [-0.25, -0.2) is 4.79 Å². The summed E-state index contributed by atoms with van der Waals surface area (Å²) in [6, 6.07) is 10.4. The maximum absolute atomic E-state index is 13.2. The van der Waals surface area contributed by atoms with E-state index < -0.39 is 34.7 Å². The third-order valence-corrected chi connectivity index (χ3v) is 8.39. The van der Waals surface area contributed by atoms with Crippen LogP contribution in [0.15, 0.2) is 42.5 Å². The van der Waals surface area contributed by atoms with Crippen molar-refractivity contribution in [2.75, 3.05) is 12.4 Å². The Kier molecular flexibility index (Phi) is 8.55. The van der Waals surface area contributed by atoms with Gasteiger partial charge in [-0.15, -0.1) is 0 Å². The van der Waals surface area contributed by atoms with E-state index in [0.717, 1.165) is 5.56 Å². The van der Waals surface area contributed by atoms with Gasteiger partial charge in [-0.05, 0) is 61.1 Å². The summed E-state index contributed by atoms with van der Waals surface area (Å²) in [5.41, 5.74) is -0.255. The molecule has 1 aliphatic carbocycles. The number of amides is 2. The molecule has 1 saturated carbocycles. The van der Waals surface area contributed by atoms with Crippen LogP contribution in [0, 0.1) is 16.7 Å². The van der Waals surface area contributed by atoms with Gasteiger partial charge in [-0.1, -0.05) is 49.2 Å². The van der Waals surface area contributed by atoms with E-state index in [1.54, 1.807) is 51.1 Å². The van der Waals surface area contributed by atoms with Crippen molar-refractivity contribution in [2.24, 2.45) is 16.7 Å². The first-order valence-corrected chi connectivity index (χ1v) is 12.5. The monoisotopic (exact) mass is 548 g/mol. The number of carbonyl (C=O) groups excluding carboxylic acids is 3. The van der Waals surface area contributed by atoms with Gasteiger partial charge < -0.3 is 20.5 Å². The Labute approximate surface area is 225 Å². The molecule has 0 heterocycles. The molecule has 10 heteroatoms. The summed E-state index contributed by atoms with van der Waals surface area (Å²) in [5.74, 6) is -2.86. The highest BCUT2D eigenvalue weighted by atomic mass is 35.5. The molecular weight excluding hydrogens is 519 g/mol. The van der Waals surface area contributed by atoms with Crippen LogP contribution in [0.1, 0.15) is 49.5 Å². The third kappa shape index (κ3) is 5.91. The Morgan fingerprint density at radius 3 is 2.24 bits per heavy atom. The van der Waals surface area contributed by atoms with E-state index in [-0.39, 0.29) is 23.3 Å². The van der Waals surface area contributed by atoms with Crippen molar-refractivity contribution in [2.45, 2.75) is 46.1 Å². The van der Waals surface area contributed by atoms with Gasteiger partial charge in [0.2, 0.25) is 5.91 Å². The number of carbonyl (C=O) groups is 4. The molecule has 2 amide bonds. The van der Waals surface area contributed by atoms with Gasteiger partial charge in [0.1, 0.15) is 6.04 Å². The normalized spacial score (nSPS) is 21.1. The Morgan fingerprint density at radius 2 is 1.70 bits per heavy atom. The number of halogens is 2. The molecule has 198 valence electrons. The molecule has 1 fully saturated rings. The standard InChI is InChI=1S/C27H30Cl2N2O6/c1-26(2)18(11-12-27(26,3)25(35)36)23(33)31-21(24(34)37-4)13-15-5-8-17(9-6-15)30-22(32)16-7-10-19(28)20(29)14-16/h5-10,14,18,21H,11-13H2,1-4H3,(H,30,32)(H,31,33)(H,35,36)/t18?,21-,27?/m0/s1. The fourth-order valence-corrected chi connectivity index (χ4v) is 5.05. The second-order valence-electron chi connectivity index (χ2n) is 10.0. The Balaban J connectivity index is 1.69. The second-order valence-corrected chi connectivity index (χ2v) is 10.8. The number of hydrogen-bond donors (Lipinski definition) is 3. The van der Waals surface area contributed by atoms with E-state index in [2.05, 4.69) is 10.6 Å². The largest absolute Gasteiger partial charge is 0.481 e. The number of benzene rings is 2. The molecule has 3 rings (SSSR count). The number of esters is 1. The number of hydrogen-bond acceptors (Lipinski definition) is 5. The molecule has 37 heavy (non-hydrogen) atoms. The van der Waals surface area contributed by atoms with E-state index in [1.165, 1.54) is 19.2 Å². The molecule has 2 aromatic rings. The molecule has 3 atom stereocenters. The SMILES string of the molecule is COC(=O)[C@H](Cc1ccc(NC(=O)c2ccc(Cl)c(Cl)c2)cc1)NC(=O)C1CCC(C)(C(=O)O)C1(C)C. The van der Waals surface area contributed by atoms with Crippen LogP contribution in [-0.4, -0.2) is 42.0 Å². The average molecular weight is 549 g/mol. The molecule has 8 nitrogen and oxygen atoms in total. The van der Waals surface area contributed by atoms with Gasteiger partial charge in [0.25, 0.3) is 5.91 Å².